The average molecular weight is 140 g/mol. The van der Waals surface area contributed by atoms with Crippen LogP contribution in [0.4, 0.5) is 0 Å². The fourth-order valence-electron chi connectivity index (χ4n) is 2.14. The highest BCUT2D eigenvalue weighted by Gasteiger charge is 2.36. The van der Waals surface area contributed by atoms with Gasteiger partial charge in [-0.1, -0.05) is 34.1 Å². The molecule has 0 heterocycles. The average Bonchev–Trinajstić information content (AvgIpc) is 1.98. The lowest BCUT2D eigenvalue weighted by Gasteiger charge is -2.44. The number of hydrogen-bond acceptors (Lipinski definition) is 0. The van der Waals surface area contributed by atoms with E-state index >= 15 is 0 Å². The minimum atomic E-state index is 0.964. The number of rotatable bonds is 2. The van der Waals surface area contributed by atoms with Gasteiger partial charge in [0.2, 0.25) is 0 Å². The van der Waals surface area contributed by atoms with Gasteiger partial charge in [0.1, 0.15) is 0 Å². The van der Waals surface area contributed by atoms with Crippen molar-refractivity contribution in [2.75, 3.05) is 0 Å². The minimum absolute atomic E-state index is 0.964. The predicted octanol–water partition coefficient (Wildman–Crippen LogP) is 3.32. The van der Waals surface area contributed by atoms with E-state index in [0.29, 0.717) is 0 Å². The SMILES string of the molecule is CCC(C)C1CC(C)C1C. The largest absolute Gasteiger partial charge is 0.0651 e. The highest BCUT2D eigenvalue weighted by Crippen LogP contribution is 2.44. The van der Waals surface area contributed by atoms with Crippen LogP contribution in [-0.4, -0.2) is 0 Å². The van der Waals surface area contributed by atoms with Crippen molar-refractivity contribution in [3.05, 3.63) is 0 Å². The molecule has 4 atom stereocenters. The van der Waals surface area contributed by atoms with Gasteiger partial charge in [0, 0.05) is 0 Å². The summed E-state index contributed by atoms with van der Waals surface area (Å²) < 4.78 is 0. The molecule has 0 aromatic rings. The van der Waals surface area contributed by atoms with Gasteiger partial charge in [-0.3, -0.25) is 0 Å². The zero-order chi connectivity index (χ0) is 7.72. The summed E-state index contributed by atoms with van der Waals surface area (Å²) in [6.45, 7) is 9.49. The Hall–Kier alpha value is 0. The zero-order valence-corrected chi connectivity index (χ0v) is 7.72. The van der Waals surface area contributed by atoms with E-state index in [1.54, 1.807) is 0 Å². The molecule has 0 radical (unpaired) electrons. The van der Waals surface area contributed by atoms with E-state index in [1.807, 2.05) is 0 Å². The maximum absolute atomic E-state index is 2.41. The molecule has 0 aromatic carbocycles. The molecule has 1 rings (SSSR count). The topological polar surface area (TPSA) is 0 Å². The summed E-state index contributed by atoms with van der Waals surface area (Å²) in [6, 6.07) is 0. The maximum Gasteiger partial charge on any atom is -0.0358 e. The van der Waals surface area contributed by atoms with Crippen LogP contribution in [0.15, 0.2) is 0 Å². The fraction of sp³-hybridized carbons (Fsp3) is 1.00. The summed E-state index contributed by atoms with van der Waals surface area (Å²) in [7, 11) is 0. The maximum atomic E-state index is 2.41. The third-order valence-electron chi connectivity index (χ3n) is 3.59. The smallest absolute Gasteiger partial charge is 0.0358 e. The first-order valence-corrected chi connectivity index (χ1v) is 4.66. The van der Waals surface area contributed by atoms with E-state index in [4.69, 9.17) is 0 Å². The quantitative estimate of drug-likeness (QED) is 0.552. The Morgan fingerprint density at radius 3 is 2.30 bits per heavy atom. The van der Waals surface area contributed by atoms with Crippen molar-refractivity contribution in [2.24, 2.45) is 23.7 Å². The van der Waals surface area contributed by atoms with E-state index in [9.17, 15) is 0 Å². The first-order chi connectivity index (χ1) is 4.66. The summed E-state index contributed by atoms with van der Waals surface area (Å²) in [5.41, 5.74) is 0. The molecule has 0 nitrogen and oxygen atoms in total. The third-order valence-corrected chi connectivity index (χ3v) is 3.59. The molecule has 0 heteroatoms. The predicted molar refractivity (Wildman–Crippen MR) is 45.9 cm³/mol. The molecule has 0 N–H and O–H groups in total. The van der Waals surface area contributed by atoms with Crippen molar-refractivity contribution >= 4 is 0 Å². The Morgan fingerprint density at radius 2 is 2.00 bits per heavy atom. The molecule has 10 heavy (non-hydrogen) atoms. The minimum Gasteiger partial charge on any atom is -0.0651 e. The van der Waals surface area contributed by atoms with Crippen molar-refractivity contribution < 1.29 is 0 Å². The first kappa shape index (κ1) is 8.10. The van der Waals surface area contributed by atoms with E-state index in [1.165, 1.54) is 12.8 Å². The summed E-state index contributed by atoms with van der Waals surface area (Å²) in [6.07, 6.45) is 2.85. The lowest BCUT2D eigenvalue weighted by atomic mass is 9.61. The Kier molecular flexibility index (Phi) is 2.38. The molecule has 0 saturated heterocycles. The highest BCUT2D eigenvalue weighted by atomic mass is 14.4. The van der Waals surface area contributed by atoms with Gasteiger partial charge in [-0.05, 0) is 30.1 Å². The Bertz CT molecular complexity index is 103. The van der Waals surface area contributed by atoms with Crippen LogP contribution in [0.1, 0.15) is 40.5 Å². The molecule has 1 aliphatic rings. The van der Waals surface area contributed by atoms with Crippen LogP contribution in [0.3, 0.4) is 0 Å². The second-order valence-electron chi connectivity index (χ2n) is 4.12. The van der Waals surface area contributed by atoms with E-state index in [2.05, 4.69) is 27.7 Å². The monoisotopic (exact) mass is 140 g/mol. The van der Waals surface area contributed by atoms with Crippen molar-refractivity contribution in [2.45, 2.75) is 40.5 Å². The van der Waals surface area contributed by atoms with Crippen LogP contribution in [0.5, 0.6) is 0 Å². The molecule has 0 aliphatic heterocycles. The molecule has 60 valence electrons. The molecule has 0 spiro atoms. The van der Waals surface area contributed by atoms with E-state index < -0.39 is 0 Å². The van der Waals surface area contributed by atoms with Gasteiger partial charge in [-0.2, -0.15) is 0 Å². The normalized spacial score (nSPS) is 42.6. The van der Waals surface area contributed by atoms with Crippen LogP contribution >= 0.6 is 0 Å². The molecular formula is C10H20. The van der Waals surface area contributed by atoms with Crippen molar-refractivity contribution in [3.8, 4) is 0 Å². The Balaban J connectivity index is 2.32. The lowest BCUT2D eigenvalue weighted by molar-refractivity contribution is 0.0537. The van der Waals surface area contributed by atoms with Gasteiger partial charge < -0.3 is 0 Å². The van der Waals surface area contributed by atoms with Crippen LogP contribution < -0.4 is 0 Å². The molecular weight excluding hydrogens is 120 g/mol. The fourth-order valence-corrected chi connectivity index (χ4v) is 2.14. The van der Waals surface area contributed by atoms with Crippen LogP contribution in [0.2, 0.25) is 0 Å². The Labute approximate surface area is 65.0 Å². The van der Waals surface area contributed by atoms with Crippen molar-refractivity contribution in [1.29, 1.82) is 0 Å². The molecule has 0 aromatic heterocycles. The van der Waals surface area contributed by atoms with Gasteiger partial charge in [-0.25, -0.2) is 0 Å². The molecule has 0 amide bonds. The summed E-state index contributed by atoms with van der Waals surface area (Å²) >= 11 is 0. The molecule has 1 saturated carbocycles. The van der Waals surface area contributed by atoms with Gasteiger partial charge in [0.05, 0.1) is 0 Å². The van der Waals surface area contributed by atoms with Gasteiger partial charge in [0.25, 0.3) is 0 Å². The van der Waals surface area contributed by atoms with E-state index in [0.717, 1.165) is 23.7 Å². The van der Waals surface area contributed by atoms with Crippen LogP contribution in [0.25, 0.3) is 0 Å². The van der Waals surface area contributed by atoms with Gasteiger partial charge in [-0.15, -0.1) is 0 Å². The van der Waals surface area contributed by atoms with Gasteiger partial charge >= 0.3 is 0 Å². The molecule has 1 fully saturated rings. The first-order valence-electron chi connectivity index (χ1n) is 4.66. The zero-order valence-electron chi connectivity index (χ0n) is 7.72. The molecule has 4 unspecified atom stereocenters. The second kappa shape index (κ2) is 2.94. The van der Waals surface area contributed by atoms with Crippen LogP contribution in [-0.2, 0) is 0 Å². The highest BCUT2D eigenvalue weighted by molar-refractivity contribution is 4.86. The summed E-state index contributed by atoms with van der Waals surface area (Å²) in [4.78, 5) is 0. The standard InChI is InChI=1S/C10H20/c1-5-7(2)10-6-8(3)9(10)4/h7-10H,5-6H2,1-4H3. The van der Waals surface area contributed by atoms with Crippen LogP contribution in [0, 0.1) is 23.7 Å². The lowest BCUT2D eigenvalue weighted by Crippen LogP contribution is -2.36. The number of hydrogen-bond donors (Lipinski definition) is 0. The summed E-state index contributed by atoms with van der Waals surface area (Å²) in [5.74, 6) is 4.00. The van der Waals surface area contributed by atoms with Gasteiger partial charge in [0.15, 0.2) is 0 Å². The van der Waals surface area contributed by atoms with Crippen molar-refractivity contribution in [3.63, 3.8) is 0 Å². The summed E-state index contributed by atoms with van der Waals surface area (Å²) in [5, 5.41) is 0. The second-order valence-corrected chi connectivity index (χ2v) is 4.12. The van der Waals surface area contributed by atoms with Crippen molar-refractivity contribution in [1.82, 2.24) is 0 Å². The third kappa shape index (κ3) is 1.21. The molecule has 0 bridgehead atoms. The molecule has 1 aliphatic carbocycles. The van der Waals surface area contributed by atoms with E-state index in [-0.39, 0.29) is 0 Å². The Morgan fingerprint density at radius 1 is 1.40 bits per heavy atom.